The Morgan fingerprint density at radius 2 is 1.83 bits per heavy atom. The van der Waals surface area contributed by atoms with E-state index in [0.29, 0.717) is 22.5 Å². The number of benzene rings is 2. The van der Waals surface area contributed by atoms with E-state index in [1.807, 2.05) is 24.3 Å². The number of hydrogen-bond acceptors (Lipinski definition) is 2. The summed E-state index contributed by atoms with van der Waals surface area (Å²) in [5, 5.41) is 3.93. The Kier molecular flexibility index (Phi) is 6.52. The summed E-state index contributed by atoms with van der Waals surface area (Å²) in [7, 11) is 0. The molecule has 1 amide bonds. The molecule has 2 aromatic rings. The normalized spacial score (nSPS) is 12.1. The summed E-state index contributed by atoms with van der Waals surface area (Å²) in [6, 6.07) is 13.0. The van der Waals surface area contributed by atoms with Gasteiger partial charge in [0.1, 0.15) is 5.75 Å². The highest BCUT2D eigenvalue weighted by Gasteiger charge is 2.17. The van der Waals surface area contributed by atoms with Gasteiger partial charge in [0.2, 0.25) is 0 Å². The first-order valence-corrected chi connectivity index (χ1v) is 8.61. The number of halogens is 2. The van der Waals surface area contributed by atoms with Gasteiger partial charge in [-0.2, -0.15) is 0 Å². The second kappa shape index (κ2) is 8.41. The van der Waals surface area contributed by atoms with Crippen molar-refractivity contribution in [3.05, 3.63) is 63.6 Å². The average molecular weight is 366 g/mol. The van der Waals surface area contributed by atoms with Crippen molar-refractivity contribution in [2.75, 3.05) is 0 Å². The highest BCUT2D eigenvalue weighted by atomic mass is 35.5. The predicted molar refractivity (Wildman–Crippen MR) is 98.9 cm³/mol. The van der Waals surface area contributed by atoms with E-state index in [0.717, 1.165) is 16.9 Å². The van der Waals surface area contributed by atoms with Crippen molar-refractivity contribution in [3.8, 4) is 5.75 Å². The Hall–Kier alpha value is -1.71. The van der Waals surface area contributed by atoms with E-state index < -0.39 is 6.10 Å². The Bertz CT molecular complexity index is 716. The largest absolute Gasteiger partial charge is 0.481 e. The third-order valence-corrected chi connectivity index (χ3v) is 4.27. The SMILES string of the molecule is CC(C)c1ccccc1O[C@@H](C)C(=O)NCc1ccc(Cl)cc1Cl. The molecule has 0 aliphatic rings. The summed E-state index contributed by atoms with van der Waals surface area (Å²) in [5.74, 6) is 0.864. The van der Waals surface area contributed by atoms with Crippen LogP contribution in [0.25, 0.3) is 0 Å². The maximum absolute atomic E-state index is 12.3. The summed E-state index contributed by atoms with van der Waals surface area (Å²) >= 11 is 12.0. The summed E-state index contributed by atoms with van der Waals surface area (Å²) < 4.78 is 5.84. The lowest BCUT2D eigenvalue weighted by Gasteiger charge is -2.19. The second-order valence-corrected chi connectivity index (χ2v) is 6.75. The average Bonchev–Trinajstić information content (AvgIpc) is 2.54. The van der Waals surface area contributed by atoms with Crippen LogP contribution >= 0.6 is 23.2 Å². The lowest BCUT2D eigenvalue weighted by molar-refractivity contribution is -0.127. The van der Waals surface area contributed by atoms with Crippen molar-refractivity contribution in [2.45, 2.75) is 39.3 Å². The molecule has 0 aliphatic carbocycles. The number of nitrogens with one attached hydrogen (secondary N) is 1. The van der Waals surface area contributed by atoms with Crippen LogP contribution in [0.3, 0.4) is 0 Å². The molecule has 0 unspecified atom stereocenters. The van der Waals surface area contributed by atoms with Gasteiger partial charge in [-0.25, -0.2) is 0 Å². The van der Waals surface area contributed by atoms with E-state index >= 15 is 0 Å². The molecule has 0 radical (unpaired) electrons. The van der Waals surface area contributed by atoms with Crippen LogP contribution in [0.4, 0.5) is 0 Å². The zero-order chi connectivity index (χ0) is 17.7. The van der Waals surface area contributed by atoms with E-state index in [1.165, 1.54) is 0 Å². The fourth-order valence-electron chi connectivity index (χ4n) is 2.30. The summed E-state index contributed by atoms with van der Waals surface area (Å²) in [6.45, 7) is 6.25. The summed E-state index contributed by atoms with van der Waals surface area (Å²) in [5.41, 5.74) is 1.89. The van der Waals surface area contributed by atoms with Crippen molar-refractivity contribution >= 4 is 29.1 Å². The monoisotopic (exact) mass is 365 g/mol. The molecule has 0 fully saturated rings. The van der Waals surface area contributed by atoms with Crippen molar-refractivity contribution < 1.29 is 9.53 Å². The molecule has 3 nitrogen and oxygen atoms in total. The van der Waals surface area contributed by atoms with Crippen LogP contribution in [-0.4, -0.2) is 12.0 Å². The maximum Gasteiger partial charge on any atom is 0.261 e. The molecule has 128 valence electrons. The van der Waals surface area contributed by atoms with Crippen molar-refractivity contribution in [3.63, 3.8) is 0 Å². The van der Waals surface area contributed by atoms with Gasteiger partial charge in [-0.15, -0.1) is 0 Å². The van der Waals surface area contributed by atoms with Crippen LogP contribution < -0.4 is 10.1 Å². The van der Waals surface area contributed by atoms with Crippen LogP contribution in [-0.2, 0) is 11.3 Å². The third kappa shape index (κ3) is 4.89. The van der Waals surface area contributed by atoms with Crippen LogP contribution in [0.2, 0.25) is 10.0 Å². The second-order valence-electron chi connectivity index (χ2n) is 5.91. The minimum absolute atomic E-state index is 0.195. The third-order valence-electron chi connectivity index (χ3n) is 3.68. The van der Waals surface area contributed by atoms with Gasteiger partial charge in [-0.1, -0.05) is 61.3 Å². The molecule has 1 N–H and O–H groups in total. The molecule has 2 rings (SSSR count). The molecule has 0 aromatic heterocycles. The van der Waals surface area contributed by atoms with Crippen molar-refractivity contribution in [2.24, 2.45) is 0 Å². The Morgan fingerprint density at radius 3 is 2.50 bits per heavy atom. The zero-order valence-corrected chi connectivity index (χ0v) is 15.5. The number of carbonyl (C=O) groups excluding carboxylic acids is 1. The fraction of sp³-hybridized carbons (Fsp3) is 0.316. The smallest absolute Gasteiger partial charge is 0.261 e. The first-order chi connectivity index (χ1) is 11.4. The van der Waals surface area contributed by atoms with Crippen LogP contribution in [0.15, 0.2) is 42.5 Å². The Balaban J connectivity index is 1.98. The van der Waals surface area contributed by atoms with E-state index in [-0.39, 0.29) is 5.91 Å². The van der Waals surface area contributed by atoms with E-state index in [4.69, 9.17) is 27.9 Å². The van der Waals surface area contributed by atoms with E-state index in [2.05, 4.69) is 19.2 Å². The Morgan fingerprint density at radius 1 is 1.12 bits per heavy atom. The molecule has 0 saturated heterocycles. The molecule has 1 atom stereocenters. The zero-order valence-electron chi connectivity index (χ0n) is 14.0. The van der Waals surface area contributed by atoms with Crippen molar-refractivity contribution in [1.29, 1.82) is 0 Å². The predicted octanol–water partition coefficient (Wildman–Crippen LogP) is 5.20. The fourth-order valence-corrected chi connectivity index (χ4v) is 2.78. The number of carbonyl (C=O) groups is 1. The quantitative estimate of drug-likeness (QED) is 0.763. The first-order valence-electron chi connectivity index (χ1n) is 7.85. The van der Waals surface area contributed by atoms with E-state index in [9.17, 15) is 4.79 Å². The van der Waals surface area contributed by atoms with Gasteiger partial charge >= 0.3 is 0 Å². The number of para-hydroxylation sites is 1. The van der Waals surface area contributed by atoms with Gasteiger partial charge in [-0.3, -0.25) is 4.79 Å². The van der Waals surface area contributed by atoms with Crippen LogP contribution in [0.1, 0.15) is 37.8 Å². The van der Waals surface area contributed by atoms with Gasteiger partial charge in [-0.05, 0) is 42.2 Å². The number of hydrogen-bond donors (Lipinski definition) is 1. The van der Waals surface area contributed by atoms with Gasteiger partial charge < -0.3 is 10.1 Å². The Labute approximate surface area is 152 Å². The molecular weight excluding hydrogens is 345 g/mol. The standard InChI is InChI=1S/C19H21Cl2NO2/c1-12(2)16-6-4-5-7-18(16)24-13(3)19(23)22-11-14-8-9-15(20)10-17(14)21/h4-10,12-13H,11H2,1-3H3,(H,22,23)/t13-/m0/s1. The minimum atomic E-state index is -0.601. The minimum Gasteiger partial charge on any atom is -0.481 e. The molecule has 0 bridgehead atoms. The molecule has 2 aromatic carbocycles. The highest BCUT2D eigenvalue weighted by molar-refractivity contribution is 6.35. The van der Waals surface area contributed by atoms with Gasteiger partial charge in [0.15, 0.2) is 6.10 Å². The highest BCUT2D eigenvalue weighted by Crippen LogP contribution is 2.26. The van der Waals surface area contributed by atoms with E-state index in [1.54, 1.807) is 25.1 Å². The van der Waals surface area contributed by atoms with Crippen molar-refractivity contribution in [1.82, 2.24) is 5.32 Å². The number of ether oxygens (including phenoxy) is 1. The molecule has 0 saturated carbocycles. The summed E-state index contributed by atoms with van der Waals surface area (Å²) in [4.78, 5) is 12.3. The molecule has 5 heteroatoms. The van der Waals surface area contributed by atoms with Crippen LogP contribution in [0, 0.1) is 0 Å². The maximum atomic E-state index is 12.3. The molecular formula is C19H21Cl2NO2. The molecule has 0 heterocycles. The lowest BCUT2D eigenvalue weighted by atomic mass is 10.0. The van der Waals surface area contributed by atoms with Gasteiger partial charge in [0.25, 0.3) is 5.91 Å². The topological polar surface area (TPSA) is 38.3 Å². The summed E-state index contributed by atoms with van der Waals surface area (Å²) in [6.07, 6.45) is -0.601. The van der Waals surface area contributed by atoms with Crippen LogP contribution in [0.5, 0.6) is 5.75 Å². The van der Waals surface area contributed by atoms with Gasteiger partial charge in [0, 0.05) is 16.6 Å². The first kappa shape index (κ1) is 18.6. The molecule has 0 aliphatic heterocycles. The molecule has 24 heavy (non-hydrogen) atoms. The number of amides is 1. The number of rotatable bonds is 6. The van der Waals surface area contributed by atoms with Gasteiger partial charge in [0.05, 0.1) is 0 Å². The lowest BCUT2D eigenvalue weighted by Crippen LogP contribution is -2.36. The molecule has 0 spiro atoms.